The summed E-state index contributed by atoms with van der Waals surface area (Å²) in [6, 6.07) is 29.5. The van der Waals surface area contributed by atoms with Crippen molar-refractivity contribution in [2.75, 3.05) is 0 Å². The number of hydrogen-bond donors (Lipinski definition) is 0. The van der Waals surface area contributed by atoms with E-state index in [1.807, 2.05) is 36.4 Å². The van der Waals surface area contributed by atoms with Gasteiger partial charge in [0, 0.05) is 20.8 Å². The maximum absolute atomic E-state index is 11.9. The first-order chi connectivity index (χ1) is 20.3. The summed E-state index contributed by atoms with van der Waals surface area (Å²) in [7, 11) is 0. The Morgan fingerprint density at radius 3 is 1.20 bits per heavy atom. The third-order valence-electron chi connectivity index (χ3n) is 6.08. The van der Waals surface area contributed by atoms with Crippen LogP contribution >= 0.6 is 23.2 Å². The largest absolute Gasteiger partial charge is 3.00 e. The number of nitrogens with zero attached hydrogens (tertiary/aromatic N) is 4. The molecule has 0 aliphatic rings. The SMILES string of the molecule is [Cr+3].[Na+].[O-]c1ccc(Cl)cc1N=Nc1c([O-])ccc2ccccc12.[O-]c1ccc(Cl)cc1N=Nc1c([O-])ccc2ccccc12. The summed E-state index contributed by atoms with van der Waals surface area (Å²) < 4.78 is 0. The molecule has 0 unspecified atom stereocenters. The molecule has 211 valence electrons. The quantitative estimate of drug-likeness (QED) is 0.190. The Labute approximate surface area is 295 Å². The number of halogens is 2. The molecule has 44 heavy (non-hydrogen) atoms. The van der Waals surface area contributed by atoms with E-state index in [4.69, 9.17) is 23.2 Å². The molecule has 0 N–H and O–H groups in total. The summed E-state index contributed by atoms with van der Waals surface area (Å²) >= 11 is 11.6. The van der Waals surface area contributed by atoms with Crippen molar-refractivity contribution in [1.29, 1.82) is 0 Å². The molecule has 0 saturated carbocycles. The molecule has 0 spiro atoms. The molecule has 0 amide bonds. The van der Waals surface area contributed by atoms with Crippen LogP contribution in [-0.2, 0) is 17.4 Å². The van der Waals surface area contributed by atoms with E-state index >= 15 is 0 Å². The molecule has 0 heterocycles. The van der Waals surface area contributed by atoms with Crippen molar-refractivity contribution < 1.29 is 67.3 Å². The molecule has 0 saturated heterocycles. The number of rotatable bonds is 4. The fourth-order valence-corrected chi connectivity index (χ4v) is 4.35. The molecule has 6 aromatic carbocycles. The Morgan fingerprint density at radius 2 is 0.795 bits per heavy atom. The average Bonchev–Trinajstić information content (AvgIpc) is 2.99. The maximum Gasteiger partial charge on any atom is 3.00 e. The predicted octanol–water partition coefficient (Wildman–Crippen LogP) is 5.11. The van der Waals surface area contributed by atoms with Gasteiger partial charge >= 0.3 is 46.9 Å². The second-order valence-corrected chi connectivity index (χ2v) is 9.76. The number of azo groups is 2. The van der Waals surface area contributed by atoms with Crippen LogP contribution in [0.15, 0.2) is 130 Å². The van der Waals surface area contributed by atoms with Gasteiger partial charge < -0.3 is 20.4 Å². The predicted molar refractivity (Wildman–Crippen MR) is 157 cm³/mol. The Morgan fingerprint density at radius 1 is 0.432 bits per heavy atom. The molecule has 0 atom stereocenters. The molecule has 12 heteroatoms. The Bertz CT molecular complexity index is 1850. The minimum Gasteiger partial charge on any atom is -0.871 e. The standard InChI is InChI=1S/2C16H11ClN2O2.Cr.Na/c2*17-11-6-8-14(20)13(9-11)18-19-16-12-4-2-1-3-10(12)5-7-15(16)21;;/h2*1-9,20-21H;;/q;;+3;+1/p-4. The topological polar surface area (TPSA) is 142 Å². The number of hydrogen-bond acceptors (Lipinski definition) is 8. The van der Waals surface area contributed by atoms with Gasteiger partial charge in [-0.2, -0.15) is 20.5 Å². The van der Waals surface area contributed by atoms with Crippen molar-refractivity contribution in [1.82, 2.24) is 0 Å². The van der Waals surface area contributed by atoms with Crippen molar-refractivity contribution in [3.05, 3.63) is 119 Å². The van der Waals surface area contributed by atoms with Gasteiger partial charge in [0.05, 0.1) is 22.7 Å². The third-order valence-corrected chi connectivity index (χ3v) is 6.55. The van der Waals surface area contributed by atoms with Crippen LogP contribution in [-0.4, -0.2) is 0 Å². The molecule has 6 rings (SSSR count). The normalized spacial score (nSPS) is 10.8. The zero-order valence-electron chi connectivity index (χ0n) is 23.0. The summed E-state index contributed by atoms with van der Waals surface area (Å²) in [6.45, 7) is 0. The van der Waals surface area contributed by atoms with Crippen LogP contribution in [0.3, 0.4) is 0 Å². The van der Waals surface area contributed by atoms with Gasteiger partial charge in [0.1, 0.15) is 0 Å². The molecular formula is C32H18Cl2CrN4NaO4. The van der Waals surface area contributed by atoms with Gasteiger partial charge in [0.25, 0.3) is 0 Å². The van der Waals surface area contributed by atoms with Gasteiger partial charge in [0.15, 0.2) is 0 Å². The Hall–Kier alpha value is -3.65. The molecule has 0 aromatic heterocycles. The van der Waals surface area contributed by atoms with Crippen LogP contribution in [0.25, 0.3) is 21.5 Å². The van der Waals surface area contributed by atoms with Crippen LogP contribution in [0.4, 0.5) is 22.7 Å². The molecule has 0 aliphatic carbocycles. The van der Waals surface area contributed by atoms with E-state index in [1.165, 1.54) is 48.5 Å². The minimum atomic E-state index is -0.296. The van der Waals surface area contributed by atoms with Gasteiger partial charge in [-0.1, -0.05) is 131 Å². The first-order valence-electron chi connectivity index (χ1n) is 12.4. The minimum absolute atomic E-state index is 0. The monoisotopic (exact) mass is 667 g/mol. The van der Waals surface area contributed by atoms with E-state index in [-0.39, 0.29) is 92.7 Å². The van der Waals surface area contributed by atoms with Crippen LogP contribution in [0.1, 0.15) is 0 Å². The number of benzene rings is 6. The summed E-state index contributed by atoms with van der Waals surface area (Å²) in [6.07, 6.45) is 0. The summed E-state index contributed by atoms with van der Waals surface area (Å²) in [5.41, 5.74) is 0.643. The fraction of sp³-hybridized carbons (Fsp3) is 0. The zero-order valence-corrected chi connectivity index (χ0v) is 27.8. The summed E-state index contributed by atoms with van der Waals surface area (Å²) in [5.74, 6) is -1.08. The molecule has 1 radical (unpaired) electrons. The van der Waals surface area contributed by atoms with Crippen molar-refractivity contribution in [3.63, 3.8) is 0 Å². The Balaban J connectivity index is 0.000000230. The molecule has 0 fully saturated rings. The van der Waals surface area contributed by atoms with Crippen LogP contribution in [0, 0.1) is 0 Å². The van der Waals surface area contributed by atoms with E-state index in [0.717, 1.165) is 10.8 Å². The molecule has 8 nitrogen and oxygen atoms in total. The van der Waals surface area contributed by atoms with Gasteiger partial charge in [-0.25, -0.2) is 0 Å². The van der Waals surface area contributed by atoms with Crippen molar-refractivity contribution in [3.8, 4) is 23.0 Å². The van der Waals surface area contributed by atoms with Crippen LogP contribution in [0.5, 0.6) is 23.0 Å². The number of fused-ring (bicyclic) bond motifs is 2. The second kappa shape index (κ2) is 15.9. The van der Waals surface area contributed by atoms with Crippen molar-refractivity contribution in [2.45, 2.75) is 0 Å². The van der Waals surface area contributed by atoms with Gasteiger partial charge in [-0.15, -0.1) is 0 Å². The smallest absolute Gasteiger partial charge is 0.871 e. The van der Waals surface area contributed by atoms with E-state index in [2.05, 4.69) is 20.5 Å². The summed E-state index contributed by atoms with van der Waals surface area (Å²) in [5, 5.41) is 66.8. The van der Waals surface area contributed by atoms with Crippen molar-refractivity contribution in [2.24, 2.45) is 20.5 Å². The fourth-order valence-electron chi connectivity index (χ4n) is 4.02. The van der Waals surface area contributed by atoms with E-state index in [1.54, 1.807) is 24.3 Å². The van der Waals surface area contributed by atoms with E-state index in [0.29, 0.717) is 20.8 Å². The van der Waals surface area contributed by atoms with Crippen LogP contribution < -0.4 is 50.0 Å². The van der Waals surface area contributed by atoms with Crippen molar-refractivity contribution >= 4 is 67.5 Å². The van der Waals surface area contributed by atoms with E-state index in [9.17, 15) is 20.4 Å². The first-order valence-corrected chi connectivity index (χ1v) is 13.2. The van der Waals surface area contributed by atoms with Crippen LogP contribution in [0.2, 0.25) is 10.0 Å². The molecule has 0 bridgehead atoms. The third kappa shape index (κ3) is 8.29. The maximum atomic E-state index is 11.9. The zero-order chi connectivity index (χ0) is 29.6. The summed E-state index contributed by atoms with van der Waals surface area (Å²) in [4.78, 5) is 0. The Kier molecular flexibility index (Phi) is 12.6. The van der Waals surface area contributed by atoms with Gasteiger partial charge in [0.2, 0.25) is 0 Å². The van der Waals surface area contributed by atoms with Gasteiger partial charge in [-0.3, -0.25) is 0 Å². The van der Waals surface area contributed by atoms with Gasteiger partial charge in [-0.05, 0) is 35.0 Å². The average molecular weight is 668 g/mol. The first kappa shape index (κ1) is 34.8. The second-order valence-electron chi connectivity index (χ2n) is 8.89. The van der Waals surface area contributed by atoms with E-state index < -0.39 is 0 Å². The molecule has 0 aliphatic heterocycles. The molecule has 6 aromatic rings. The molecular weight excluding hydrogens is 650 g/mol.